The molecule has 2 aromatic rings. The van der Waals surface area contributed by atoms with Crippen LogP contribution in [0.15, 0.2) is 18.2 Å². The average Bonchev–Trinajstić information content (AvgIpc) is 2.54. The summed E-state index contributed by atoms with van der Waals surface area (Å²) < 4.78 is 1.83. The maximum Gasteiger partial charge on any atom is 0.0847 e. The largest absolute Gasteiger partial charge is 0.327 e. The van der Waals surface area contributed by atoms with Crippen LogP contribution in [0, 0.1) is 20.8 Å². The Labute approximate surface area is 125 Å². The Balaban J connectivity index is 2.10. The van der Waals surface area contributed by atoms with Crippen LogP contribution < -0.4 is 5.73 Å². The van der Waals surface area contributed by atoms with Crippen LogP contribution in [-0.2, 0) is 19.9 Å². The third kappa shape index (κ3) is 3.41. The van der Waals surface area contributed by atoms with Crippen LogP contribution >= 0.6 is 11.6 Å². The minimum absolute atomic E-state index is 0.0449. The van der Waals surface area contributed by atoms with Gasteiger partial charge in [-0.05, 0) is 32.8 Å². The number of halogens is 1. The highest BCUT2D eigenvalue weighted by Gasteiger charge is 2.15. The first-order valence-electron chi connectivity index (χ1n) is 6.87. The molecule has 20 heavy (non-hydrogen) atoms. The van der Waals surface area contributed by atoms with E-state index in [0.717, 1.165) is 29.3 Å². The van der Waals surface area contributed by atoms with Crippen molar-refractivity contribution in [1.82, 2.24) is 9.78 Å². The predicted molar refractivity (Wildman–Crippen MR) is 84.3 cm³/mol. The maximum absolute atomic E-state index is 6.29. The predicted octanol–water partition coefficient (Wildman–Crippen LogP) is 3.11. The number of hydrogen-bond acceptors (Lipinski definition) is 2. The molecule has 0 amide bonds. The van der Waals surface area contributed by atoms with Crippen molar-refractivity contribution in [1.29, 1.82) is 0 Å². The second-order valence-corrected chi connectivity index (χ2v) is 6.01. The lowest BCUT2D eigenvalue weighted by molar-refractivity contribution is 0.612. The molecule has 3 nitrogen and oxygen atoms in total. The highest BCUT2D eigenvalue weighted by atomic mass is 35.5. The Hall–Kier alpha value is -1.32. The number of nitrogens with zero attached hydrogens (tertiary/aromatic N) is 2. The third-order valence-corrected chi connectivity index (χ3v) is 3.99. The molecule has 0 aliphatic rings. The molecule has 0 aliphatic heterocycles. The van der Waals surface area contributed by atoms with Crippen LogP contribution in [-0.4, -0.2) is 15.8 Å². The second-order valence-electron chi connectivity index (χ2n) is 5.63. The first-order chi connectivity index (χ1) is 9.36. The Morgan fingerprint density at radius 2 is 1.75 bits per heavy atom. The van der Waals surface area contributed by atoms with E-state index < -0.39 is 0 Å². The summed E-state index contributed by atoms with van der Waals surface area (Å²) in [6, 6.07) is 6.62. The molecule has 108 valence electrons. The van der Waals surface area contributed by atoms with Crippen LogP contribution in [0.5, 0.6) is 0 Å². The standard InChI is InChI=1S/C16H22ClN3/c1-10-5-11(2)7-13(6-10)8-14(18)9-15-16(17)12(3)19-20(15)4/h5-7,14H,8-9,18H2,1-4H3. The lowest BCUT2D eigenvalue weighted by atomic mass is 9.99. The first-order valence-corrected chi connectivity index (χ1v) is 7.25. The maximum atomic E-state index is 6.29. The fourth-order valence-electron chi connectivity index (χ4n) is 2.71. The number of hydrogen-bond donors (Lipinski definition) is 1. The molecule has 0 aliphatic carbocycles. The van der Waals surface area contributed by atoms with Gasteiger partial charge in [0.2, 0.25) is 0 Å². The van der Waals surface area contributed by atoms with Gasteiger partial charge in [0.25, 0.3) is 0 Å². The Bertz CT molecular complexity index is 596. The van der Waals surface area contributed by atoms with E-state index in [1.807, 2.05) is 18.7 Å². The van der Waals surface area contributed by atoms with Crippen molar-refractivity contribution < 1.29 is 0 Å². The topological polar surface area (TPSA) is 43.8 Å². The van der Waals surface area contributed by atoms with E-state index in [-0.39, 0.29) is 6.04 Å². The highest BCUT2D eigenvalue weighted by Crippen LogP contribution is 2.21. The molecule has 2 rings (SSSR count). The molecular weight excluding hydrogens is 270 g/mol. The molecule has 4 heteroatoms. The van der Waals surface area contributed by atoms with Crippen molar-refractivity contribution in [3.8, 4) is 0 Å². The molecular formula is C16H22ClN3. The van der Waals surface area contributed by atoms with Crippen LogP contribution in [0.1, 0.15) is 28.1 Å². The SMILES string of the molecule is Cc1cc(C)cc(CC(N)Cc2c(Cl)c(C)nn2C)c1. The van der Waals surface area contributed by atoms with E-state index in [1.54, 1.807) is 0 Å². The summed E-state index contributed by atoms with van der Waals surface area (Å²) in [5.74, 6) is 0. The minimum Gasteiger partial charge on any atom is -0.327 e. The fourth-order valence-corrected chi connectivity index (χ4v) is 2.95. The molecule has 0 radical (unpaired) electrons. The van der Waals surface area contributed by atoms with Gasteiger partial charge in [-0.2, -0.15) is 5.10 Å². The molecule has 1 unspecified atom stereocenters. The number of aryl methyl sites for hydroxylation is 4. The van der Waals surface area contributed by atoms with Gasteiger partial charge < -0.3 is 5.73 Å². The zero-order chi connectivity index (χ0) is 14.9. The van der Waals surface area contributed by atoms with Crippen molar-refractivity contribution in [3.63, 3.8) is 0 Å². The first kappa shape index (κ1) is 15.1. The Kier molecular flexibility index (Phi) is 4.51. The number of aromatic nitrogens is 2. The van der Waals surface area contributed by atoms with E-state index >= 15 is 0 Å². The summed E-state index contributed by atoms with van der Waals surface area (Å²) in [4.78, 5) is 0. The van der Waals surface area contributed by atoms with Gasteiger partial charge in [0, 0.05) is 19.5 Å². The van der Waals surface area contributed by atoms with Crippen molar-refractivity contribution in [3.05, 3.63) is 51.3 Å². The molecule has 2 N–H and O–H groups in total. The van der Waals surface area contributed by atoms with E-state index in [1.165, 1.54) is 16.7 Å². The van der Waals surface area contributed by atoms with Gasteiger partial charge in [0.05, 0.1) is 16.4 Å². The monoisotopic (exact) mass is 291 g/mol. The van der Waals surface area contributed by atoms with Crippen molar-refractivity contribution in [2.75, 3.05) is 0 Å². The van der Waals surface area contributed by atoms with Gasteiger partial charge in [-0.1, -0.05) is 40.9 Å². The van der Waals surface area contributed by atoms with E-state index in [4.69, 9.17) is 17.3 Å². The summed E-state index contributed by atoms with van der Waals surface area (Å²) >= 11 is 6.27. The lowest BCUT2D eigenvalue weighted by Crippen LogP contribution is -2.26. The lowest BCUT2D eigenvalue weighted by Gasteiger charge is -2.13. The van der Waals surface area contributed by atoms with Crippen molar-refractivity contribution >= 4 is 11.6 Å². The Morgan fingerprint density at radius 1 is 1.15 bits per heavy atom. The molecule has 1 atom stereocenters. The van der Waals surface area contributed by atoms with Crippen molar-refractivity contribution in [2.24, 2.45) is 12.8 Å². The van der Waals surface area contributed by atoms with Gasteiger partial charge >= 0.3 is 0 Å². The molecule has 0 saturated heterocycles. The molecule has 0 saturated carbocycles. The summed E-state index contributed by atoms with van der Waals surface area (Å²) in [7, 11) is 1.91. The molecule has 0 fully saturated rings. The van der Waals surface area contributed by atoms with Gasteiger partial charge in [-0.3, -0.25) is 4.68 Å². The van der Waals surface area contributed by atoms with Crippen LogP contribution in [0.2, 0.25) is 5.02 Å². The summed E-state index contributed by atoms with van der Waals surface area (Å²) in [6.07, 6.45) is 1.59. The van der Waals surface area contributed by atoms with Crippen molar-refractivity contribution in [2.45, 2.75) is 39.7 Å². The third-order valence-electron chi connectivity index (χ3n) is 3.50. The number of rotatable bonds is 4. The fraction of sp³-hybridized carbons (Fsp3) is 0.438. The second kappa shape index (κ2) is 5.98. The molecule has 1 aromatic heterocycles. The quantitative estimate of drug-likeness (QED) is 0.940. The summed E-state index contributed by atoms with van der Waals surface area (Å²) in [5.41, 5.74) is 12.0. The van der Waals surface area contributed by atoms with E-state index in [0.29, 0.717) is 0 Å². The smallest absolute Gasteiger partial charge is 0.0847 e. The van der Waals surface area contributed by atoms with Gasteiger partial charge in [0.15, 0.2) is 0 Å². The normalized spacial score (nSPS) is 12.7. The van der Waals surface area contributed by atoms with E-state index in [9.17, 15) is 0 Å². The van der Waals surface area contributed by atoms with Gasteiger partial charge in [-0.15, -0.1) is 0 Å². The van der Waals surface area contributed by atoms with Gasteiger partial charge in [0.1, 0.15) is 0 Å². The molecule has 1 aromatic carbocycles. The highest BCUT2D eigenvalue weighted by molar-refractivity contribution is 6.31. The van der Waals surface area contributed by atoms with Crippen LogP contribution in [0.25, 0.3) is 0 Å². The summed E-state index contributed by atoms with van der Waals surface area (Å²) in [6.45, 7) is 6.15. The minimum atomic E-state index is 0.0449. The number of benzene rings is 1. The zero-order valence-electron chi connectivity index (χ0n) is 12.6. The van der Waals surface area contributed by atoms with Gasteiger partial charge in [-0.25, -0.2) is 0 Å². The number of nitrogens with two attached hydrogens (primary N) is 1. The van der Waals surface area contributed by atoms with Crippen LogP contribution in [0.4, 0.5) is 0 Å². The van der Waals surface area contributed by atoms with Crippen LogP contribution in [0.3, 0.4) is 0 Å². The molecule has 0 spiro atoms. The molecule has 1 heterocycles. The Morgan fingerprint density at radius 3 is 2.25 bits per heavy atom. The average molecular weight is 292 g/mol. The van der Waals surface area contributed by atoms with E-state index in [2.05, 4.69) is 37.1 Å². The zero-order valence-corrected chi connectivity index (χ0v) is 13.3. The summed E-state index contributed by atoms with van der Waals surface area (Å²) in [5, 5.41) is 5.07. The molecule has 0 bridgehead atoms.